The number of hydrogen-bond acceptors (Lipinski definition) is 2. The molecule has 25 heavy (non-hydrogen) atoms. The molecular formula is C19H20N6. The van der Waals surface area contributed by atoms with Crippen molar-refractivity contribution >= 4 is 28.5 Å². The van der Waals surface area contributed by atoms with Crippen LogP contribution in [-0.4, -0.2) is 16.9 Å². The normalized spacial score (nSPS) is 11.4. The zero-order valence-corrected chi connectivity index (χ0v) is 13.8. The minimum Gasteiger partial charge on any atom is -0.370 e. The van der Waals surface area contributed by atoms with E-state index in [-0.39, 0.29) is 11.9 Å². The highest BCUT2D eigenvalue weighted by molar-refractivity contribution is 5.93. The van der Waals surface area contributed by atoms with Gasteiger partial charge in [0.15, 0.2) is 5.96 Å². The van der Waals surface area contributed by atoms with Gasteiger partial charge >= 0.3 is 0 Å². The SMILES string of the molecule is NC(N)=NC(N)=Nc1ccccc1CCc1ccc2ccccc2n1. The van der Waals surface area contributed by atoms with Gasteiger partial charge in [0.05, 0.1) is 11.2 Å². The van der Waals surface area contributed by atoms with Crippen molar-refractivity contribution in [3.8, 4) is 0 Å². The summed E-state index contributed by atoms with van der Waals surface area (Å²) in [6.07, 6.45) is 1.60. The molecule has 0 radical (unpaired) electrons. The van der Waals surface area contributed by atoms with Crippen molar-refractivity contribution in [2.24, 2.45) is 27.2 Å². The van der Waals surface area contributed by atoms with E-state index in [1.807, 2.05) is 42.5 Å². The first-order valence-electron chi connectivity index (χ1n) is 7.98. The molecule has 0 fully saturated rings. The Morgan fingerprint density at radius 3 is 2.44 bits per heavy atom. The van der Waals surface area contributed by atoms with E-state index in [0.717, 1.165) is 40.7 Å². The summed E-state index contributed by atoms with van der Waals surface area (Å²) in [5.74, 6) is -0.0737. The molecule has 2 aromatic carbocycles. The highest BCUT2D eigenvalue weighted by Gasteiger charge is 2.04. The van der Waals surface area contributed by atoms with Crippen LogP contribution in [0.4, 0.5) is 5.69 Å². The van der Waals surface area contributed by atoms with Crippen LogP contribution in [0.5, 0.6) is 0 Å². The first-order chi connectivity index (χ1) is 12.1. The van der Waals surface area contributed by atoms with Crippen molar-refractivity contribution < 1.29 is 0 Å². The quantitative estimate of drug-likeness (QED) is 0.502. The maximum Gasteiger partial charge on any atom is 0.223 e. The van der Waals surface area contributed by atoms with E-state index in [9.17, 15) is 0 Å². The largest absolute Gasteiger partial charge is 0.370 e. The Hall–Kier alpha value is -3.41. The summed E-state index contributed by atoms with van der Waals surface area (Å²) < 4.78 is 0. The molecule has 0 saturated carbocycles. The Labute approximate surface area is 146 Å². The third-order valence-corrected chi connectivity index (χ3v) is 3.78. The molecule has 6 nitrogen and oxygen atoms in total. The van der Waals surface area contributed by atoms with Crippen LogP contribution in [0.15, 0.2) is 70.6 Å². The van der Waals surface area contributed by atoms with Gasteiger partial charge in [-0.2, -0.15) is 4.99 Å². The van der Waals surface area contributed by atoms with Crippen molar-refractivity contribution in [3.63, 3.8) is 0 Å². The molecule has 0 bridgehead atoms. The molecule has 0 aliphatic carbocycles. The molecule has 0 atom stereocenters. The van der Waals surface area contributed by atoms with Gasteiger partial charge < -0.3 is 17.2 Å². The van der Waals surface area contributed by atoms with E-state index in [2.05, 4.69) is 28.2 Å². The number of nitrogens with two attached hydrogens (primary N) is 3. The Morgan fingerprint density at radius 1 is 0.840 bits per heavy atom. The van der Waals surface area contributed by atoms with E-state index in [1.54, 1.807) is 0 Å². The molecule has 0 aliphatic rings. The monoisotopic (exact) mass is 332 g/mol. The first kappa shape index (κ1) is 16.4. The standard InChI is InChI=1S/C19H20N6/c20-18(21)25-19(22)24-17-8-4-2-6-14(17)10-12-15-11-9-13-5-1-3-7-16(13)23-15/h1-9,11H,10,12H2,(H6,20,21,22,24,25). The maximum atomic E-state index is 5.74. The summed E-state index contributed by atoms with van der Waals surface area (Å²) in [6.45, 7) is 0. The van der Waals surface area contributed by atoms with Gasteiger partial charge in [-0.1, -0.05) is 42.5 Å². The molecule has 0 unspecified atom stereocenters. The second-order valence-corrected chi connectivity index (χ2v) is 5.63. The fraction of sp³-hybridized carbons (Fsp3) is 0.105. The molecule has 6 heteroatoms. The summed E-state index contributed by atoms with van der Waals surface area (Å²) in [5, 5.41) is 1.14. The molecule has 3 aromatic rings. The lowest BCUT2D eigenvalue weighted by Gasteiger charge is -2.07. The van der Waals surface area contributed by atoms with Crippen LogP contribution in [0.1, 0.15) is 11.3 Å². The van der Waals surface area contributed by atoms with Crippen molar-refractivity contribution in [3.05, 3.63) is 71.9 Å². The lowest BCUT2D eigenvalue weighted by Crippen LogP contribution is -2.26. The van der Waals surface area contributed by atoms with Gasteiger partial charge in [0.25, 0.3) is 0 Å². The lowest BCUT2D eigenvalue weighted by molar-refractivity contribution is 0.922. The molecule has 0 aliphatic heterocycles. The van der Waals surface area contributed by atoms with Gasteiger partial charge in [0.1, 0.15) is 0 Å². The van der Waals surface area contributed by atoms with Gasteiger partial charge in [0, 0.05) is 11.1 Å². The zero-order valence-electron chi connectivity index (χ0n) is 13.8. The van der Waals surface area contributed by atoms with Crippen LogP contribution >= 0.6 is 0 Å². The smallest absolute Gasteiger partial charge is 0.223 e. The van der Waals surface area contributed by atoms with Gasteiger partial charge in [-0.3, -0.25) is 4.98 Å². The number of pyridine rings is 1. The van der Waals surface area contributed by atoms with Crippen LogP contribution in [0.3, 0.4) is 0 Å². The van der Waals surface area contributed by atoms with Crippen molar-refractivity contribution in [2.45, 2.75) is 12.8 Å². The third kappa shape index (κ3) is 4.32. The van der Waals surface area contributed by atoms with Gasteiger partial charge in [-0.25, -0.2) is 4.99 Å². The van der Waals surface area contributed by atoms with Crippen LogP contribution in [-0.2, 0) is 12.8 Å². The molecular weight excluding hydrogens is 312 g/mol. The van der Waals surface area contributed by atoms with Crippen molar-refractivity contribution in [1.29, 1.82) is 0 Å². The van der Waals surface area contributed by atoms with Crippen LogP contribution in [0.2, 0.25) is 0 Å². The summed E-state index contributed by atoms with van der Waals surface area (Å²) in [6, 6.07) is 20.0. The molecule has 0 amide bonds. The Bertz CT molecular complexity index is 941. The number of guanidine groups is 2. The average Bonchev–Trinajstić information content (AvgIpc) is 2.60. The van der Waals surface area contributed by atoms with Crippen LogP contribution in [0, 0.1) is 0 Å². The second-order valence-electron chi connectivity index (χ2n) is 5.63. The molecule has 3 rings (SSSR count). The number of nitrogens with zero attached hydrogens (tertiary/aromatic N) is 3. The summed E-state index contributed by atoms with van der Waals surface area (Å²) >= 11 is 0. The number of para-hydroxylation sites is 2. The van der Waals surface area contributed by atoms with Gasteiger partial charge in [-0.05, 0) is 36.6 Å². The second kappa shape index (κ2) is 7.44. The predicted octanol–water partition coefficient (Wildman–Crippen LogP) is 2.24. The minimum absolute atomic E-state index is 0.0382. The van der Waals surface area contributed by atoms with Crippen molar-refractivity contribution in [1.82, 2.24) is 4.98 Å². The number of aromatic nitrogens is 1. The molecule has 1 heterocycles. The Kier molecular flexibility index (Phi) is 4.89. The topological polar surface area (TPSA) is 116 Å². The van der Waals surface area contributed by atoms with E-state index in [4.69, 9.17) is 22.2 Å². The van der Waals surface area contributed by atoms with Crippen molar-refractivity contribution in [2.75, 3.05) is 0 Å². The minimum atomic E-state index is -0.112. The van der Waals surface area contributed by atoms with Crippen LogP contribution < -0.4 is 17.2 Å². The molecule has 0 saturated heterocycles. The summed E-state index contributed by atoms with van der Waals surface area (Å²) in [5.41, 5.74) is 20.2. The third-order valence-electron chi connectivity index (χ3n) is 3.78. The van der Waals surface area contributed by atoms with E-state index in [1.165, 1.54) is 0 Å². The van der Waals surface area contributed by atoms with E-state index in [0.29, 0.717) is 0 Å². The van der Waals surface area contributed by atoms with E-state index >= 15 is 0 Å². The van der Waals surface area contributed by atoms with Crippen LogP contribution in [0.25, 0.3) is 10.9 Å². The maximum absolute atomic E-state index is 5.74. The highest BCUT2D eigenvalue weighted by atomic mass is 15.1. The number of rotatable bonds is 4. The zero-order chi connectivity index (χ0) is 17.6. The number of benzene rings is 2. The molecule has 0 spiro atoms. The summed E-state index contributed by atoms with van der Waals surface area (Å²) in [7, 11) is 0. The fourth-order valence-corrected chi connectivity index (χ4v) is 2.62. The molecule has 1 aromatic heterocycles. The molecule has 6 N–H and O–H groups in total. The number of aliphatic imine (C=N–C) groups is 2. The number of hydrogen-bond donors (Lipinski definition) is 3. The molecule has 126 valence electrons. The fourth-order valence-electron chi connectivity index (χ4n) is 2.62. The number of fused-ring (bicyclic) bond motifs is 1. The van der Waals surface area contributed by atoms with Gasteiger partial charge in [0.2, 0.25) is 5.96 Å². The summed E-state index contributed by atoms with van der Waals surface area (Å²) in [4.78, 5) is 12.7. The highest BCUT2D eigenvalue weighted by Crippen LogP contribution is 2.21. The number of aryl methyl sites for hydroxylation is 2. The van der Waals surface area contributed by atoms with Gasteiger partial charge in [-0.15, -0.1) is 0 Å². The van der Waals surface area contributed by atoms with E-state index < -0.39 is 0 Å². The Balaban J connectivity index is 1.80. The first-order valence-corrected chi connectivity index (χ1v) is 7.98. The Morgan fingerprint density at radius 2 is 1.60 bits per heavy atom. The average molecular weight is 332 g/mol. The predicted molar refractivity (Wildman–Crippen MR) is 103 cm³/mol. The lowest BCUT2D eigenvalue weighted by atomic mass is 10.1.